The summed E-state index contributed by atoms with van der Waals surface area (Å²) in [5.74, 6) is -0.779. The summed E-state index contributed by atoms with van der Waals surface area (Å²) in [6.45, 7) is 1.02. The van der Waals surface area contributed by atoms with Gasteiger partial charge in [0.15, 0.2) is 24.7 Å². The number of alkyl halides is 2. The van der Waals surface area contributed by atoms with E-state index in [2.05, 4.69) is 11.3 Å². The Bertz CT molecular complexity index is 734. The van der Waals surface area contributed by atoms with E-state index in [4.69, 9.17) is 14.0 Å². The summed E-state index contributed by atoms with van der Waals surface area (Å²) in [4.78, 5) is 11.4. The molecule has 11 heteroatoms. The maximum atomic E-state index is 12.9. The smallest absolute Gasteiger partial charge is 0.402 e. The van der Waals surface area contributed by atoms with E-state index in [0.717, 1.165) is 5.56 Å². The van der Waals surface area contributed by atoms with Crippen LogP contribution in [0.25, 0.3) is 6.08 Å². The molecule has 0 aliphatic carbocycles. The number of ether oxygens (including phenoxy) is 3. The predicted molar refractivity (Wildman–Crippen MR) is 88.8 cm³/mol. The van der Waals surface area contributed by atoms with Gasteiger partial charge in [0.05, 0.1) is 10.7 Å². The van der Waals surface area contributed by atoms with Gasteiger partial charge >= 0.3 is 21.3 Å². The van der Waals surface area contributed by atoms with Crippen LogP contribution in [0.15, 0.2) is 18.7 Å². The van der Waals surface area contributed by atoms with Crippen molar-refractivity contribution in [3.63, 3.8) is 0 Å². The molecule has 0 unspecified atom stereocenters. The number of carbonyl (C=O) groups is 1. The quantitative estimate of drug-likeness (QED) is 0.348. The normalized spacial score (nSPS) is 11.7. The second kappa shape index (κ2) is 8.07. The molecule has 0 fully saturated rings. The van der Waals surface area contributed by atoms with Crippen molar-refractivity contribution in [1.82, 2.24) is 0 Å². The highest BCUT2D eigenvalue weighted by molar-refractivity contribution is 14.1. The van der Waals surface area contributed by atoms with E-state index in [1.807, 2.05) is 22.6 Å². The van der Waals surface area contributed by atoms with E-state index in [1.54, 1.807) is 18.2 Å². The van der Waals surface area contributed by atoms with Crippen molar-refractivity contribution in [1.29, 1.82) is 0 Å². The van der Waals surface area contributed by atoms with Gasteiger partial charge < -0.3 is 14.2 Å². The lowest BCUT2D eigenvalue weighted by molar-refractivity contribution is -0.152. The van der Waals surface area contributed by atoms with Gasteiger partial charge in [-0.2, -0.15) is 17.2 Å². The molecule has 0 heterocycles. The van der Waals surface area contributed by atoms with Crippen LogP contribution in [0.3, 0.4) is 0 Å². The molecule has 1 aromatic carbocycles. The highest BCUT2D eigenvalue weighted by atomic mass is 127. The van der Waals surface area contributed by atoms with E-state index in [1.165, 1.54) is 7.11 Å². The van der Waals surface area contributed by atoms with Crippen LogP contribution >= 0.6 is 22.6 Å². The second-order valence-corrected chi connectivity index (χ2v) is 7.01. The van der Waals surface area contributed by atoms with Crippen LogP contribution in [0.4, 0.5) is 8.78 Å². The second-order valence-electron chi connectivity index (χ2n) is 4.30. The van der Waals surface area contributed by atoms with Crippen LogP contribution in [-0.2, 0) is 19.6 Å². The maximum absolute atomic E-state index is 12.9. The highest BCUT2D eigenvalue weighted by Gasteiger charge is 2.45. The lowest BCUT2D eigenvalue weighted by atomic mass is 10.2. The van der Waals surface area contributed by atoms with Gasteiger partial charge in [0.25, 0.3) is 0 Å². The number of halogens is 3. The Morgan fingerprint density at radius 3 is 2.58 bits per heavy atom. The Balaban J connectivity index is 2.73. The Hall–Kier alpha value is -1.47. The van der Waals surface area contributed by atoms with Gasteiger partial charge in [-0.3, -0.25) is 4.55 Å². The number of carbonyl (C=O) groups excluding carboxylic acids is 1. The molecule has 0 amide bonds. The van der Waals surface area contributed by atoms with Crippen molar-refractivity contribution in [2.24, 2.45) is 0 Å². The third kappa shape index (κ3) is 5.27. The Morgan fingerprint density at radius 2 is 2.08 bits per heavy atom. The maximum Gasteiger partial charge on any atom is 0.402 e. The molecule has 134 valence electrons. The summed E-state index contributed by atoms with van der Waals surface area (Å²) in [5, 5.41) is -4.60. The Kier molecular flexibility index (Phi) is 6.92. The molecule has 7 nitrogen and oxygen atoms in total. The van der Waals surface area contributed by atoms with Gasteiger partial charge in [-0.1, -0.05) is 12.7 Å². The number of methoxy groups -OCH3 is 1. The van der Waals surface area contributed by atoms with Gasteiger partial charge in [0, 0.05) is 0 Å². The molecule has 0 spiro atoms. The lowest BCUT2D eigenvalue weighted by Crippen LogP contribution is -2.35. The summed E-state index contributed by atoms with van der Waals surface area (Å²) < 4.78 is 69.9. The summed E-state index contributed by atoms with van der Waals surface area (Å²) in [5.41, 5.74) is 0.735. The average molecular weight is 478 g/mol. The number of hydrogen-bond acceptors (Lipinski definition) is 6. The molecular formula is C13H13F2IO7S. The molecule has 0 atom stereocenters. The third-order valence-electron chi connectivity index (χ3n) is 2.60. The molecule has 1 aromatic rings. The summed E-state index contributed by atoms with van der Waals surface area (Å²) in [7, 11) is -4.30. The molecule has 0 aliphatic heterocycles. The van der Waals surface area contributed by atoms with Crippen molar-refractivity contribution in [3.8, 4) is 11.5 Å². The third-order valence-corrected chi connectivity index (χ3v) is 4.27. The predicted octanol–water partition coefficient (Wildman–Crippen LogP) is 2.35. The number of rotatable bonds is 8. The fraction of sp³-hybridized carbons (Fsp3) is 0.308. The van der Waals surface area contributed by atoms with E-state index in [-0.39, 0.29) is 11.5 Å². The van der Waals surface area contributed by atoms with Crippen LogP contribution in [-0.4, -0.2) is 44.5 Å². The zero-order valence-electron chi connectivity index (χ0n) is 12.3. The first kappa shape index (κ1) is 20.6. The first-order chi connectivity index (χ1) is 11.0. The van der Waals surface area contributed by atoms with E-state index in [0.29, 0.717) is 3.57 Å². The van der Waals surface area contributed by atoms with E-state index in [9.17, 15) is 22.0 Å². The number of benzene rings is 1. The zero-order valence-corrected chi connectivity index (χ0v) is 15.3. The molecule has 1 N–H and O–H groups in total. The summed E-state index contributed by atoms with van der Waals surface area (Å²) in [6.07, 6.45) is 1.57. The van der Waals surface area contributed by atoms with Gasteiger partial charge in [-0.05, 0) is 40.3 Å². The highest BCUT2D eigenvalue weighted by Crippen LogP contribution is 2.34. The molecular weight excluding hydrogens is 465 g/mol. The standard InChI is InChI=1S/C13H13F2IO7S/c1-3-8-4-9(16)12(10(5-8)21-2)22-6-11(17)23-7-13(14,15)24(18,19)20/h3-5H,1,6-7H2,2H3,(H,18,19,20). The first-order valence-electron chi connectivity index (χ1n) is 6.15. The molecule has 0 radical (unpaired) electrons. The van der Waals surface area contributed by atoms with Crippen molar-refractivity contribution in [3.05, 3.63) is 27.8 Å². The van der Waals surface area contributed by atoms with Gasteiger partial charge in [0.1, 0.15) is 0 Å². The topological polar surface area (TPSA) is 99.1 Å². The Labute approximate surface area is 150 Å². The fourth-order valence-corrected chi connectivity index (χ4v) is 2.40. The molecule has 0 saturated carbocycles. The van der Waals surface area contributed by atoms with Gasteiger partial charge in [-0.15, -0.1) is 0 Å². The minimum atomic E-state index is -5.67. The minimum absolute atomic E-state index is 0.183. The van der Waals surface area contributed by atoms with E-state index >= 15 is 0 Å². The SMILES string of the molecule is C=Cc1cc(I)c(OCC(=O)OCC(F)(F)S(=O)(=O)O)c(OC)c1. The van der Waals surface area contributed by atoms with Crippen LogP contribution < -0.4 is 9.47 Å². The molecule has 0 saturated heterocycles. The molecule has 0 aromatic heterocycles. The molecule has 0 bridgehead atoms. The van der Waals surface area contributed by atoms with Crippen LogP contribution in [0.5, 0.6) is 11.5 Å². The average Bonchev–Trinajstić information content (AvgIpc) is 2.49. The molecule has 24 heavy (non-hydrogen) atoms. The van der Waals surface area contributed by atoms with Crippen molar-refractivity contribution < 1.29 is 40.8 Å². The van der Waals surface area contributed by atoms with Crippen molar-refractivity contribution in [2.75, 3.05) is 20.3 Å². The van der Waals surface area contributed by atoms with Crippen LogP contribution in [0, 0.1) is 3.57 Å². The largest absolute Gasteiger partial charge is 0.493 e. The monoisotopic (exact) mass is 478 g/mol. The van der Waals surface area contributed by atoms with Crippen LogP contribution in [0.2, 0.25) is 0 Å². The Morgan fingerprint density at radius 1 is 1.46 bits per heavy atom. The summed E-state index contributed by atoms with van der Waals surface area (Å²) in [6, 6.07) is 3.27. The van der Waals surface area contributed by atoms with Crippen molar-refractivity contribution >= 4 is 44.8 Å². The number of hydrogen-bond donors (Lipinski definition) is 1. The minimum Gasteiger partial charge on any atom is -0.493 e. The summed E-state index contributed by atoms with van der Waals surface area (Å²) >= 11 is 1.91. The zero-order chi connectivity index (χ0) is 18.5. The van der Waals surface area contributed by atoms with Gasteiger partial charge in [-0.25, -0.2) is 4.79 Å². The molecule has 0 aliphatic rings. The molecule has 1 rings (SSSR count). The first-order valence-corrected chi connectivity index (χ1v) is 8.67. The lowest BCUT2D eigenvalue weighted by Gasteiger charge is -2.15. The fourth-order valence-electron chi connectivity index (χ4n) is 1.41. The van der Waals surface area contributed by atoms with Crippen LogP contribution in [0.1, 0.15) is 5.56 Å². The van der Waals surface area contributed by atoms with Gasteiger partial charge in [0.2, 0.25) is 0 Å². The number of esters is 1. The van der Waals surface area contributed by atoms with Crippen molar-refractivity contribution in [2.45, 2.75) is 5.25 Å². The van der Waals surface area contributed by atoms with E-state index < -0.39 is 34.6 Å².